The smallest absolute Gasteiger partial charge is 0.328 e. The fraction of sp³-hybridized carbons (Fsp3) is 0.300. The van der Waals surface area contributed by atoms with Crippen molar-refractivity contribution >= 4 is 11.9 Å². The molecule has 0 amide bonds. The number of aromatic nitrogens is 1. The molecule has 0 atom stereocenters. The monoisotopic (exact) mass is 339 g/mol. The first kappa shape index (κ1) is 18.3. The van der Waals surface area contributed by atoms with Gasteiger partial charge in [-0.05, 0) is 24.1 Å². The molecule has 0 aliphatic heterocycles. The van der Waals surface area contributed by atoms with Gasteiger partial charge in [0, 0.05) is 24.9 Å². The van der Waals surface area contributed by atoms with E-state index in [0.29, 0.717) is 12.1 Å². The van der Waals surface area contributed by atoms with Crippen molar-refractivity contribution in [2.75, 3.05) is 14.2 Å². The topological polar surface area (TPSA) is 57.5 Å². The Labute approximate surface area is 147 Å². The molecule has 5 heteroatoms. The normalized spacial score (nSPS) is 10.8. The molecule has 5 nitrogen and oxygen atoms in total. The third kappa shape index (κ3) is 3.43. The van der Waals surface area contributed by atoms with E-state index >= 15 is 0 Å². The maximum Gasteiger partial charge on any atom is 0.328 e. The first-order chi connectivity index (χ1) is 12.0. The molecular weight excluding hydrogens is 318 g/mol. The molecule has 0 fully saturated rings. The summed E-state index contributed by atoms with van der Waals surface area (Å²) in [5, 5.41) is 0. The van der Waals surface area contributed by atoms with Gasteiger partial charge in [-0.3, -0.25) is 9.59 Å². The van der Waals surface area contributed by atoms with Crippen LogP contribution in [0.5, 0.6) is 0 Å². The van der Waals surface area contributed by atoms with Crippen LogP contribution in [-0.2, 0) is 31.0 Å². The lowest BCUT2D eigenvalue weighted by atomic mass is 9.79. The SMILES string of the molecule is C#CCC(C(=O)OC)(C(=O)OC)c1cc(C)n(Cc2ccccc2)c1. The van der Waals surface area contributed by atoms with Gasteiger partial charge in [0.15, 0.2) is 0 Å². The number of aryl methyl sites for hydroxylation is 1. The van der Waals surface area contributed by atoms with E-state index in [9.17, 15) is 9.59 Å². The summed E-state index contributed by atoms with van der Waals surface area (Å²) in [6.45, 7) is 2.52. The minimum absolute atomic E-state index is 0.138. The molecule has 0 N–H and O–H groups in total. The zero-order valence-electron chi connectivity index (χ0n) is 14.6. The average molecular weight is 339 g/mol. The van der Waals surface area contributed by atoms with Gasteiger partial charge in [0.2, 0.25) is 5.41 Å². The number of nitrogens with zero attached hydrogens (tertiary/aromatic N) is 1. The van der Waals surface area contributed by atoms with Gasteiger partial charge in [-0.2, -0.15) is 0 Å². The van der Waals surface area contributed by atoms with E-state index < -0.39 is 17.4 Å². The standard InChI is InChI=1S/C20H21NO4/c1-5-11-20(18(22)24-3,19(23)25-4)17-12-15(2)21(14-17)13-16-9-7-6-8-10-16/h1,6-10,12,14H,11,13H2,2-4H3. The van der Waals surface area contributed by atoms with Crippen molar-refractivity contribution in [1.29, 1.82) is 0 Å². The first-order valence-corrected chi connectivity index (χ1v) is 7.81. The second-order valence-electron chi connectivity index (χ2n) is 5.75. The number of carbonyl (C=O) groups is 2. The molecule has 1 aromatic heterocycles. The van der Waals surface area contributed by atoms with Gasteiger partial charge in [0.25, 0.3) is 0 Å². The summed E-state index contributed by atoms with van der Waals surface area (Å²) in [6, 6.07) is 11.7. The Morgan fingerprint density at radius 3 is 2.28 bits per heavy atom. The minimum atomic E-state index is -1.66. The fourth-order valence-electron chi connectivity index (χ4n) is 2.87. The minimum Gasteiger partial charge on any atom is -0.468 e. The maximum atomic E-state index is 12.5. The summed E-state index contributed by atoms with van der Waals surface area (Å²) in [6.07, 6.45) is 7.05. The molecule has 0 aliphatic rings. The highest BCUT2D eigenvalue weighted by Gasteiger charge is 2.50. The van der Waals surface area contributed by atoms with Crippen LogP contribution in [0.3, 0.4) is 0 Å². The third-order valence-corrected chi connectivity index (χ3v) is 4.24. The van der Waals surface area contributed by atoms with Crippen LogP contribution in [0, 0.1) is 19.3 Å². The molecule has 0 spiro atoms. The second-order valence-corrected chi connectivity index (χ2v) is 5.75. The molecule has 0 aliphatic carbocycles. The summed E-state index contributed by atoms with van der Waals surface area (Å²) in [5.41, 5.74) is 0.808. The lowest BCUT2D eigenvalue weighted by molar-refractivity contribution is -0.161. The highest BCUT2D eigenvalue weighted by molar-refractivity contribution is 6.06. The van der Waals surface area contributed by atoms with Crippen LogP contribution in [-0.4, -0.2) is 30.7 Å². The zero-order valence-corrected chi connectivity index (χ0v) is 14.6. The van der Waals surface area contributed by atoms with Crippen LogP contribution in [0.25, 0.3) is 0 Å². The van der Waals surface area contributed by atoms with E-state index in [2.05, 4.69) is 5.92 Å². The first-order valence-electron chi connectivity index (χ1n) is 7.81. The predicted molar refractivity (Wildman–Crippen MR) is 93.9 cm³/mol. The van der Waals surface area contributed by atoms with E-state index in [1.165, 1.54) is 14.2 Å². The highest BCUT2D eigenvalue weighted by Crippen LogP contribution is 2.33. The van der Waals surface area contributed by atoms with Crippen molar-refractivity contribution in [1.82, 2.24) is 4.57 Å². The van der Waals surface area contributed by atoms with Crippen LogP contribution in [0.2, 0.25) is 0 Å². The number of ether oxygens (including phenoxy) is 2. The number of terminal acetylenes is 1. The molecule has 1 aromatic carbocycles. The molecule has 0 radical (unpaired) electrons. The quantitative estimate of drug-likeness (QED) is 0.461. The van der Waals surface area contributed by atoms with Crippen molar-refractivity contribution in [2.45, 2.75) is 25.3 Å². The molecule has 25 heavy (non-hydrogen) atoms. The van der Waals surface area contributed by atoms with E-state index in [-0.39, 0.29) is 6.42 Å². The van der Waals surface area contributed by atoms with Gasteiger partial charge in [0.1, 0.15) is 0 Å². The largest absolute Gasteiger partial charge is 0.468 e. The van der Waals surface area contributed by atoms with Crippen LogP contribution >= 0.6 is 0 Å². The second kappa shape index (κ2) is 7.71. The number of carbonyl (C=O) groups excluding carboxylic acids is 2. The van der Waals surface area contributed by atoms with Gasteiger partial charge in [-0.25, -0.2) is 0 Å². The van der Waals surface area contributed by atoms with Crippen molar-refractivity contribution in [2.24, 2.45) is 0 Å². The van der Waals surface area contributed by atoms with Crippen molar-refractivity contribution in [3.63, 3.8) is 0 Å². The van der Waals surface area contributed by atoms with Crippen LogP contribution in [0.4, 0.5) is 0 Å². The Hall–Kier alpha value is -3.00. The van der Waals surface area contributed by atoms with E-state index in [1.807, 2.05) is 41.8 Å². The van der Waals surface area contributed by atoms with E-state index in [1.54, 1.807) is 12.3 Å². The van der Waals surface area contributed by atoms with E-state index in [4.69, 9.17) is 15.9 Å². The summed E-state index contributed by atoms with van der Waals surface area (Å²) in [7, 11) is 2.45. The van der Waals surface area contributed by atoms with Gasteiger partial charge < -0.3 is 14.0 Å². The lowest BCUT2D eigenvalue weighted by Crippen LogP contribution is -2.45. The highest BCUT2D eigenvalue weighted by atomic mass is 16.5. The van der Waals surface area contributed by atoms with Gasteiger partial charge >= 0.3 is 11.9 Å². The van der Waals surface area contributed by atoms with Gasteiger partial charge in [-0.15, -0.1) is 12.3 Å². The lowest BCUT2D eigenvalue weighted by Gasteiger charge is -2.25. The summed E-state index contributed by atoms with van der Waals surface area (Å²) in [5.74, 6) is 0.950. The molecule has 2 aromatic rings. The molecule has 130 valence electrons. The number of esters is 2. The fourth-order valence-corrected chi connectivity index (χ4v) is 2.87. The molecular formula is C20H21NO4. The molecule has 1 heterocycles. The number of methoxy groups -OCH3 is 2. The van der Waals surface area contributed by atoms with Crippen molar-refractivity contribution < 1.29 is 19.1 Å². The Morgan fingerprint density at radius 2 is 1.76 bits per heavy atom. The molecule has 0 unspecified atom stereocenters. The van der Waals surface area contributed by atoms with Crippen LogP contribution in [0.1, 0.15) is 23.2 Å². The van der Waals surface area contributed by atoms with E-state index in [0.717, 1.165) is 11.3 Å². The molecule has 2 rings (SSSR count). The Balaban J connectivity index is 2.52. The third-order valence-electron chi connectivity index (χ3n) is 4.24. The Kier molecular flexibility index (Phi) is 5.66. The summed E-state index contributed by atoms with van der Waals surface area (Å²) in [4.78, 5) is 25.0. The predicted octanol–water partition coefficient (Wildman–Crippen LogP) is 2.45. The molecule has 0 bridgehead atoms. The summed E-state index contributed by atoms with van der Waals surface area (Å²) >= 11 is 0. The Morgan fingerprint density at radius 1 is 1.16 bits per heavy atom. The number of benzene rings is 1. The average Bonchev–Trinajstić information content (AvgIpc) is 3.00. The van der Waals surface area contributed by atoms with Crippen molar-refractivity contribution in [3.05, 3.63) is 59.4 Å². The summed E-state index contributed by atoms with van der Waals surface area (Å²) < 4.78 is 11.7. The molecule has 0 saturated carbocycles. The number of rotatable bonds is 6. The van der Waals surface area contributed by atoms with Crippen LogP contribution in [0.15, 0.2) is 42.6 Å². The van der Waals surface area contributed by atoms with Crippen LogP contribution < -0.4 is 0 Å². The van der Waals surface area contributed by atoms with Gasteiger partial charge in [0.05, 0.1) is 14.2 Å². The number of hydrogen-bond donors (Lipinski definition) is 0. The number of hydrogen-bond acceptors (Lipinski definition) is 4. The van der Waals surface area contributed by atoms with Crippen molar-refractivity contribution in [3.8, 4) is 12.3 Å². The van der Waals surface area contributed by atoms with Gasteiger partial charge in [-0.1, -0.05) is 30.3 Å². The Bertz CT molecular complexity index is 783. The molecule has 0 saturated heterocycles. The maximum absolute atomic E-state index is 12.5. The zero-order chi connectivity index (χ0) is 18.4.